The Morgan fingerprint density at radius 1 is 1.17 bits per heavy atom. The van der Waals surface area contributed by atoms with Gasteiger partial charge in [-0.25, -0.2) is 9.79 Å². The number of fused-ring (bicyclic) bond motifs is 1. The van der Waals surface area contributed by atoms with E-state index in [-0.39, 0.29) is 23.8 Å². The molecule has 46 heavy (non-hydrogen) atoms. The van der Waals surface area contributed by atoms with Crippen molar-refractivity contribution < 1.29 is 23.7 Å². The zero-order chi connectivity index (χ0) is 33.1. The molecule has 0 aliphatic carbocycles. The van der Waals surface area contributed by atoms with Gasteiger partial charge >= 0.3 is 5.97 Å². The van der Waals surface area contributed by atoms with Crippen LogP contribution < -0.4 is 29.1 Å². The molecule has 0 unspecified atom stereocenters. The summed E-state index contributed by atoms with van der Waals surface area (Å²) >= 11 is 13.2. The van der Waals surface area contributed by atoms with Crippen LogP contribution in [-0.4, -0.2) is 30.4 Å². The number of nitrogens with zero attached hydrogens (tertiary/aromatic N) is 2. The first kappa shape index (κ1) is 34.2. The minimum absolute atomic E-state index is 0.0740. The quantitative estimate of drug-likeness (QED) is 0.124. The second kappa shape index (κ2) is 14.7. The van der Waals surface area contributed by atoms with E-state index in [1.807, 2.05) is 56.3 Å². The van der Waals surface area contributed by atoms with Crippen molar-refractivity contribution in [2.75, 3.05) is 13.7 Å². The van der Waals surface area contributed by atoms with Crippen molar-refractivity contribution in [2.45, 2.75) is 46.4 Å². The fourth-order valence-electron chi connectivity index (χ4n) is 5.08. The average Bonchev–Trinajstić information content (AvgIpc) is 3.29. The van der Waals surface area contributed by atoms with Crippen LogP contribution >= 0.6 is 61.5 Å². The highest BCUT2D eigenvalue weighted by molar-refractivity contribution is 14.1. The molecule has 0 bridgehead atoms. The van der Waals surface area contributed by atoms with Gasteiger partial charge in [0.25, 0.3) is 5.56 Å². The van der Waals surface area contributed by atoms with Gasteiger partial charge in [0.15, 0.2) is 16.3 Å². The summed E-state index contributed by atoms with van der Waals surface area (Å²) in [5.74, 6) is 1.13. The van der Waals surface area contributed by atoms with E-state index >= 15 is 0 Å². The van der Waals surface area contributed by atoms with Gasteiger partial charge in [0.1, 0.15) is 12.4 Å². The number of hydrogen-bond donors (Lipinski definition) is 0. The van der Waals surface area contributed by atoms with Crippen molar-refractivity contribution in [3.63, 3.8) is 0 Å². The van der Waals surface area contributed by atoms with Crippen LogP contribution in [0.15, 0.2) is 80.1 Å². The molecule has 3 aromatic carbocycles. The average molecular weight is 838 g/mol. The number of esters is 1. The Morgan fingerprint density at radius 3 is 2.65 bits per heavy atom. The highest BCUT2D eigenvalue weighted by Gasteiger charge is 2.34. The van der Waals surface area contributed by atoms with E-state index in [9.17, 15) is 9.59 Å². The van der Waals surface area contributed by atoms with Crippen molar-refractivity contribution in [2.24, 2.45) is 4.99 Å². The minimum Gasteiger partial charge on any atom is -0.493 e. The fourth-order valence-corrected chi connectivity index (χ4v) is 8.03. The van der Waals surface area contributed by atoms with Gasteiger partial charge in [0, 0.05) is 15.1 Å². The summed E-state index contributed by atoms with van der Waals surface area (Å²) in [6, 6.07) is 15.9. The predicted molar refractivity (Wildman–Crippen MR) is 192 cm³/mol. The number of thiazole rings is 1. The zero-order valence-electron chi connectivity index (χ0n) is 25.7. The molecule has 0 fully saturated rings. The van der Waals surface area contributed by atoms with Crippen molar-refractivity contribution >= 4 is 73.5 Å². The molecule has 8 nitrogen and oxygen atoms in total. The molecule has 0 spiro atoms. The van der Waals surface area contributed by atoms with E-state index in [0.29, 0.717) is 55.0 Å². The maximum Gasteiger partial charge on any atom is 0.338 e. The Kier molecular flexibility index (Phi) is 11.0. The van der Waals surface area contributed by atoms with Gasteiger partial charge in [-0.3, -0.25) is 9.36 Å². The molecule has 0 saturated carbocycles. The molecule has 0 saturated heterocycles. The highest BCUT2D eigenvalue weighted by Crippen LogP contribution is 2.37. The monoisotopic (exact) mass is 836 g/mol. The Bertz CT molecular complexity index is 2020. The number of methoxy groups -OCH3 is 1. The molecule has 0 radical (unpaired) electrons. The van der Waals surface area contributed by atoms with Crippen LogP contribution in [0.2, 0.25) is 5.02 Å². The molecule has 4 aromatic rings. The molecule has 5 rings (SSSR count). The Balaban J connectivity index is 1.66. The summed E-state index contributed by atoms with van der Waals surface area (Å²) in [7, 11) is 1.55. The fraction of sp³-hybridized carbons (Fsp3) is 0.265. The van der Waals surface area contributed by atoms with E-state index in [2.05, 4.69) is 38.5 Å². The van der Waals surface area contributed by atoms with Gasteiger partial charge in [-0.05, 0) is 104 Å². The number of hydrogen-bond acceptors (Lipinski definition) is 8. The molecular formula is C34H31BrClIN2O6S. The first-order chi connectivity index (χ1) is 22.0. The van der Waals surface area contributed by atoms with E-state index in [4.69, 9.17) is 35.5 Å². The summed E-state index contributed by atoms with van der Waals surface area (Å²) in [5, 5.41) is 0.625. The number of ether oxygens (including phenoxy) is 4. The summed E-state index contributed by atoms with van der Waals surface area (Å²) in [6.07, 6.45) is 1.72. The van der Waals surface area contributed by atoms with E-state index in [0.717, 1.165) is 13.6 Å². The van der Waals surface area contributed by atoms with Crippen LogP contribution in [0.5, 0.6) is 17.2 Å². The lowest BCUT2D eigenvalue weighted by molar-refractivity contribution is -0.139. The van der Waals surface area contributed by atoms with Gasteiger partial charge in [-0.2, -0.15) is 0 Å². The first-order valence-corrected chi connectivity index (χ1v) is 17.5. The lowest BCUT2D eigenvalue weighted by Crippen LogP contribution is -2.40. The Morgan fingerprint density at radius 2 is 1.96 bits per heavy atom. The minimum atomic E-state index is -0.805. The molecule has 1 aromatic heterocycles. The first-order valence-electron chi connectivity index (χ1n) is 14.4. The van der Waals surface area contributed by atoms with Crippen molar-refractivity contribution in [3.05, 3.63) is 115 Å². The molecule has 240 valence electrons. The smallest absolute Gasteiger partial charge is 0.338 e. The second-order valence-corrected chi connectivity index (χ2v) is 14.1. The number of halogens is 3. The largest absolute Gasteiger partial charge is 0.493 e. The Hall–Kier alpha value is -3.13. The van der Waals surface area contributed by atoms with Gasteiger partial charge in [-0.15, -0.1) is 0 Å². The zero-order valence-corrected chi connectivity index (χ0v) is 31.0. The highest BCUT2D eigenvalue weighted by atomic mass is 127. The van der Waals surface area contributed by atoms with Crippen LogP contribution in [0.4, 0.5) is 0 Å². The maximum atomic E-state index is 14.3. The third kappa shape index (κ3) is 7.37. The summed E-state index contributed by atoms with van der Waals surface area (Å²) in [4.78, 5) is 32.8. The molecular weight excluding hydrogens is 807 g/mol. The molecule has 2 heterocycles. The number of carbonyl (C=O) groups is 1. The molecule has 0 amide bonds. The summed E-state index contributed by atoms with van der Waals surface area (Å²) in [5.41, 5.74) is 2.73. The third-order valence-corrected chi connectivity index (χ3v) is 9.46. The lowest BCUT2D eigenvalue weighted by Gasteiger charge is -2.25. The third-order valence-electron chi connectivity index (χ3n) is 6.98. The maximum absolute atomic E-state index is 14.3. The number of aromatic nitrogens is 1. The standard InChI is InChI=1S/C34H31BrClIN2O6S/c1-6-43-33(41)29-19(4)38-34-39(30(29)21-10-11-26(45-18(2)3)27(14-21)42-5)32(40)28(46-34)15-22-13-23(35)16-25(37)31(22)44-17-20-8-7-9-24(36)12-20/h7-16,18,30H,6,17H2,1-5H3/b28-15+/t30-/m1/s1. The number of allylic oxidation sites excluding steroid dienone is 1. The van der Waals surface area contributed by atoms with Crippen molar-refractivity contribution in [1.82, 2.24) is 4.57 Å². The van der Waals surface area contributed by atoms with Gasteiger partial charge in [0.2, 0.25) is 0 Å². The van der Waals surface area contributed by atoms with Crippen LogP contribution in [0.1, 0.15) is 50.4 Å². The molecule has 1 aliphatic rings. The molecule has 1 atom stereocenters. The van der Waals surface area contributed by atoms with Crippen molar-refractivity contribution in [1.29, 1.82) is 0 Å². The Labute approximate surface area is 297 Å². The van der Waals surface area contributed by atoms with Crippen LogP contribution in [0.25, 0.3) is 6.08 Å². The molecule has 12 heteroatoms. The van der Waals surface area contributed by atoms with Crippen LogP contribution in [0, 0.1) is 3.57 Å². The van der Waals surface area contributed by atoms with Crippen molar-refractivity contribution in [3.8, 4) is 17.2 Å². The second-order valence-electron chi connectivity index (χ2n) is 10.6. The number of rotatable bonds is 10. The van der Waals surface area contributed by atoms with Gasteiger partial charge in [-0.1, -0.05) is 57.1 Å². The number of carbonyl (C=O) groups excluding carboxylic acids is 1. The summed E-state index contributed by atoms with van der Waals surface area (Å²) in [6.45, 7) is 7.82. The topological polar surface area (TPSA) is 88.4 Å². The normalized spacial score (nSPS) is 14.6. The van der Waals surface area contributed by atoms with Gasteiger partial charge < -0.3 is 18.9 Å². The van der Waals surface area contributed by atoms with E-state index in [1.54, 1.807) is 43.7 Å². The van der Waals surface area contributed by atoms with Crippen LogP contribution in [0.3, 0.4) is 0 Å². The number of benzene rings is 3. The summed E-state index contributed by atoms with van der Waals surface area (Å²) < 4.78 is 27.0. The predicted octanol–water partition coefficient (Wildman–Crippen LogP) is 7.19. The van der Waals surface area contributed by atoms with Gasteiger partial charge in [0.05, 0.1) is 45.2 Å². The van der Waals surface area contributed by atoms with E-state index in [1.165, 1.54) is 11.3 Å². The molecule has 1 aliphatic heterocycles. The van der Waals surface area contributed by atoms with E-state index < -0.39 is 12.0 Å². The van der Waals surface area contributed by atoms with Crippen LogP contribution in [-0.2, 0) is 16.1 Å². The lowest BCUT2D eigenvalue weighted by atomic mass is 9.95. The molecule has 0 N–H and O–H groups in total. The SMILES string of the molecule is CCOC(=O)C1=C(C)N=c2s/c(=C/c3cc(Br)cc(I)c3OCc3cccc(Cl)c3)c(=O)n2[C@@H]1c1ccc(OC(C)C)c(OC)c1.